The third-order valence-electron chi connectivity index (χ3n) is 3.34. The number of esters is 1. The highest BCUT2D eigenvalue weighted by Gasteiger charge is 2.21. The fourth-order valence-corrected chi connectivity index (χ4v) is 2.44. The molecule has 1 unspecified atom stereocenters. The van der Waals surface area contributed by atoms with Crippen molar-refractivity contribution >= 4 is 29.1 Å². The van der Waals surface area contributed by atoms with Crippen LogP contribution in [-0.4, -0.2) is 54.6 Å². The molecule has 2 rings (SSSR count). The molecule has 0 spiro atoms. The molecule has 1 aromatic rings. The molecule has 1 atom stereocenters. The number of hydrogen-bond acceptors (Lipinski definition) is 5. The van der Waals surface area contributed by atoms with Crippen molar-refractivity contribution in [2.75, 3.05) is 26.9 Å². The molecule has 2 heterocycles. The Morgan fingerprint density at radius 1 is 1.62 bits per heavy atom. The first-order valence-electron chi connectivity index (χ1n) is 6.67. The number of morpholine rings is 1. The van der Waals surface area contributed by atoms with Gasteiger partial charge in [0.2, 0.25) is 0 Å². The second kappa shape index (κ2) is 6.87. The van der Waals surface area contributed by atoms with Gasteiger partial charge in [0.25, 0.3) is 0 Å². The number of carbonyl (C=O) groups excluding carboxylic acids is 1. The Morgan fingerprint density at radius 2 is 2.38 bits per heavy atom. The number of methoxy groups -OCH3 is 1. The highest BCUT2D eigenvalue weighted by Crippen LogP contribution is 2.28. The number of pyridine rings is 1. The summed E-state index contributed by atoms with van der Waals surface area (Å²) in [5, 5.41) is 0.179. The van der Waals surface area contributed by atoms with Crippen molar-refractivity contribution in [2.24, 2.45) is 4.99 Å². The summed E-state index contributed by atoms with van der Waals surface area (Å²) in [5.41, 5.74) is 0.639. The van der Waals surface area contributed by atoms with Crippen LogP contribution in [-0.2, 0) is 9.47 Å². The van der Waals surface area contributed by atoms with Crippen LogP contribution in [0.2, 0.25) is 5.15 Å². The van der Waals surface area contributed by atoms with Gasteiger partial charge in [0, 0.05) is 12.7 Å². The van der Waals surface area contributed by atoms with E-state index in [1.54, 1.807) is 6.07 Å². The number of carbonyl (C=O) groups is 1. The molecule has 1 aliphatic heterocycles. The van der Waals surface area contributed by atoms with Crippen molar-refractivity contribution in [3.63, 3.8) is 0 Å². The fourth-order valence-electron chi connectivity index (χ4n) is 2.24. The van der Waals surface area contributed by atoms with E-state index in [2.05, 4.69) is 21.8 Å². The van der Waals surface area contributed by atoms with Gasteiger partial charge in [-0.05, 0) is 19.9 Å². The number of aromatic nitrogens is 1. The zero-order valence-corrected chi connectivity index (χ0v) is 13.1. The third kappa shape index (κ3) is 3.51. The van der Waals surface area contributed by atoms with Crippen LogP contribution in [0.4, 0.5) is 5.69 Å². The smallest absolute Gasteiger partial charge is 0.340 e. The van der Waals surface area contributed by atoms with Gasteiger partial charge in [0.05, 0.1) is 31.9 Å². The lowest BCUT2D eigenvalue weighted by atomic mass is 10.2. The van der Waals surface area contributed by atoms with E-state index < -0.39 is 5.97 Å². The molecule has 7 heteroatoms. The van der Waals surface area contributed by atoms with Crippen LogP contribution in [0, 0.1) is 0 Å². The lowest BCUT2D eigenvalue weighted by molar-refractivity contribution is 0.0330. The Kier molecular flexibility index (Phi) is 5.14. The predicted octanol–water partition coefficient (Wildman–Crippen LogP) is 2.29. The lowest BCUT2D eigenvalue weighted by Crippen LogP contribution is -2.46. The minimum Gasteiger partial charge on any atom is -0.465 e. The second-order valence-electron chi connectivity index (χ2n) is 4.77. The Labute approximate surface area is 128 Å². The van der Waals surface area contributed by atoms with Crippen LogP contribution >= 0.6 is 11.6 Å². The third-order valence-corrected chi connectivity index (χ3v) is 3.62. The maximum atomic E-state index is 11.8. The number of rotatable bonds is 2. The number of aliphatic imine (C=N–C) groups is 1. The van der Waals surface area contributed by atoms with Gasteiger partial charge < -0.3 is 14.4 Å². The summed E-state index contributed by atoms with van der Waals surface area (Å²) in [5.74, 6) is 0.284. The minimum atomic E-state index is -0.485. The first kappa shape index (κ1) is 15.7. The quantitative estimate of drug-likeness (QED) is 0.363. The molecule has 0 amide bonds. The zero-order valence-electron chi connectivity index (χ0n) is 12.3. The molecule has 0 aliphatic carbocycles. The van der Waals surface area contributed by atoms with Crippen molar-refractivity contribution in [3.05, 3.63) is 23.0 Å². The molecule has 0 aromatic carbocycles. The first-order valence-corrected chi connectivity index (χ1v) is 7.05. The van der Waals surface area contributed by atoms with Gasteiger partial charge in [0.15, 0.2) is 5.15 Å². The van der Waals surface area contributed by atoms with Crippen molar-refractivity contribution in [2.45, 2.75) is 19.9 Å². The van der Waals surface area contributed by atoms with Crippen molar-refractivity contribution in [1.82, 2.24) is 9.88 Å². The Bertz CT molecular complexity index is 562. The zero-order chi connectivity index (χ0) is 15.4. The monoisotopic (exact) mass is 311 g/mol. The molecule has 0 radical (unpaired) electrons. The van der Waals surface area contributed by atoms with Crippen molar-refractivity contribution < 1.29 is 14.3 Å². The summed E-state index contributed by atoms with van der Waals surface area (Å²) in [6.45, 7) is 6.00. The van der Waals surface area contributed by atoms with E-state index in [1.165, 1.54) is 13.3 Å². The standard InChI is InChI=1S/C14H18ClN3O3/c1-9-8-21-7-6-18(9)10(2)17-12-11(14(19)20-3)4-5-16-13(12)15/h4-5,9H,6-8H2,1-3H3. The normalized spacial score (nSPS) is 19.5. The summed E-state index contributed by atoms with van der Waals surface area (Å²) in [4.78, 5) is 22.4. The minimum absolute atomic E-state index is 0.179. The van der Waals surface area contributed by atoms with Gasteiger partial charge in [0.1, 0.15) is 11.5 Å². The van der Waals surface area contributed by atoms with Crippen LogP contribution in [0.1, 0.15) is 24.2 Å². The second-order valence-corrected chi connectivity index (χ2v) is 5.12. The van der Waals surface area contributed by atoms with Gasteiger partial charge in [-0.25, -0.2) is 14.8 Å². The number of nitrogens with zero attached hydrogens (tertiary/aromatic N) is 3. The summed E-state index contributed by atoms with van der Waals surface area (Å²) in [7, 11) is 1.32. The number of hydrogen-bond donors (Lipinski definition) is 0. The van der Waals surface area contributed by atoms with Gasteiger partial charge in [-0.15, -0.1) is 0 Å². The average molecular weight is 312 g/mol. The van der Waals surface area contributed by atoms with Gasteiger partial charge in [-0.1, -0.05) is 11.6 Å². The lowest BCUT2D eigenvalue weighted by Gasteiger charge is -2.34. The van der Waals surface area contributed by atoms with Gasteiger partial charge in [-0.3, -0.25) is 0 Å². The molecule has 1 fully saturated rings. The van der Waals surface area contributed by atoms with Crippen molar-refractivity contribution in [3.8, 4) is 0 Å². The van der Waals surface area contributed by atoms with Crippen LogP contribution in [0.15, 0.2) is 17.3 Å². The highest BCUT2D eigenvalue weighted by molar-refractivity contribution is 6.32. The summed E-state index contributed by atoms with van der Waals surface area (Å²) in [6, 6.07) is 1.77. The van der Waals surface area contributed by atoms with E-state index in [-0.39, 0.29) is 11.2 Å². The largest absolute Gasteiger partial charge is 0.465 e. The molecule has 1 aromatic heterocycles. The van der Waals surface area contributed by atoms with E-state index in [4.69, 9.17) is 21.1 Å². The molecule has 114 valence electrons. The maximum Gasteiger partial charge on any atom is 0.340 e. The summed E-state index contributed by atoms with van der Waals surface area (Å²) in [6.07, 6.45) is 1.46. The maximum absolute atomic E-state index is 11.8. The molecule has 0 saturated carbocycles. The predicted molar refractivity (Wildman–Crippen MR) is 80.3 cm³/mol. The molecule has 0 N–H and O–H groups in total. The SMILES string of the molecule is COC(=O)c1ccnc(Cl)c1N=C(C)N1CCOCC1C. The number of ether oxygens (including phenoxy) is 2. The van der Waals surface area contributed by atoms with E-state index in [0.29, 0.717) is 24.5 Å². The molecule has 21 heavy (non-hydrogen) atoms. The fraction of sp³-hybridized carbons (Fsp3) is 0.500. The van der Waals surface area contributed by atoms with E-state index in [9.17, 15) is 4.79 Å². The molecule has 6 nitrogen and oxygen atoms in total. The Hall–Kier alpha value is -1.66. The summed E-state index contributed by atoms with van der Waals surface area (Å²) < 4.78 is 10.2. The van der Waals surface area contributed by atoms with Crippen LogP contribution in [0.25, 0.3) is 0 Å². The average Bonchev–Trinajstić information content (AvgIpc) is 2.48. The molecular weight excluding hydrogens is 294 g/mol. The Balaban J connectivity index is 2.37. The highest BCUT2D eigenvalue weighted by atomic mass is 35.5. The molecule has 1 aliphatic rings. The van der Waals surface area contributed by atoms with Crippen LogP contribution < -0.4 is 0 Å². The summed E-state index contributed by atoms with van der Waals surface area (Å²) >= 11 is 6.08. The van der Waals surface area contributed by atoms with Crippen molar-refractivity contribution in [1.29, 1.82) is 0 Å². The van der Waals surface area contributed by atoms with Crippen LogP contribution in [0.3, 0.4) is 0 Å². The molecule has 0 bridgehead atoms. The molecular formula is C14H18ClN3O3. The number of halogens is 1. The topological polar surface area (TPSA) is 64.0 Å². The number of amidine groups is 1. The Morgan fingerprint density at radius 3 is 3.05 bits per heavy atom. The van der Waals surface area contributed by atoms with Gasteiger partial charge >= 0.3 is 5.97 Å². The van der Waals surface area contributed by atoms with E-state index >= 15 is 0 Å². The first-order chi connectivity index (χ1) is 10.0. The van der Waals surface area contributed by atoms with Crippen LogP contribution in [0.5, 0.6) is 0 Å². The van der Waals surface area contributed by atoms with E-state index in [0.717, 1.165) is 12.4 Å². The van der Waals surface area contributed by atoms with E-state index in [1.807, 2.05) is 6.92 Å². The molecule has 1 saturated heterocycles. The van der Waals surface area contributed by atoms with Gasteiger partial charge in [-0.2, -0.15) is 0 Å².